The third kappa shape index (κ3) is 3.15. The Morgan fingerprint density at radius 1 is 1.53 bits per heavy atom. The van der Waals surface area contributed by atoms with Crippen molar-refractivity contribution in [1.82, 2.24) is 0 Å². The Hall–Kier alpha value is -0.250. The Morgan fingerprint density at radius 2 is 2.35 bits per heavy atom. The summed E-state index contributed by atoms with van der Waals surface area (Å²) in [5, 5.41) is 1.65. The zero-order chi connectivity index (χ0) is 12.3. The Kier molecular flexibility index (Phi) is 4.71. The maximum absolute atomic E-state index is 6.09. The highest BCUT2D eigenvalue weighted by atomic mass is 79.9. The molecule has 0 saturated carbocycles. The first-order chi connectivity index (χ1) is 8.24. The molecule has 4 heteroatoms. The second-order valence-corrected chi connectivity index (χ2v) is 5.35. The second-order valence-electron chi connectivity index (χ2n) is 4.35. The van der Waals surface area contributed by atoms with Gasteiger partial charge in [0.2, 0.25) is 0 Å². The molecule has 1 aromatic carbocycles. The molecule has 1 unspecified atom stereocenters. The van der Waals surface area contributed by atoms with E-state index in [1.54, 1.807) is 7.11 Å². The lowest BCUT2D eigenvalue weighted by molar-refractivity contribution is 0.0893. The molecule has 0 spiro atoms. The average Bonchev–Trinajstić information content (AvgIpc) is 2.39. The van der Waals surface area contributed by atoms with Crippen LogP contribution in [0.3, 0.4) is 0 Å². The van der Waals surface area contributed by atoms with Crippen LogP contribution in [0.15, 0.2) is 18.2 Å². The second kappa shape index (κ2) is 6.07. The van der Waals surface area contributed by atoms with Crippen molar-refractivity contribution >= 4 is 33.2 Å². The number of anilines is 1. The number of hydrogen-bond donors (Lipinski definition) is 0. The molecular weight excluding hydrogens is 302 g/mol. The van der Waals surface area contributed by atoms with Gasteiger partial charge in [-0.3, -0.25) is 0 Å². The largest absolute Gasteiger partial charge is 0.380 e. The quantitative estimate of drug-likeness (QED) is 0.785. The number of methoxy groups -OCH3 is 1. The van der Waals surface area contributed by atoms with E-state index in [2.05, 4.69) is 33.0 Å². The van der Waals surface area contributed by atoms with Gasteiger partial charge in [-0.25, -0.2) is 0 Å². The van der Waals surface area contributed by atoms with Crippen LogP contribution in [0.5, 0.6) is 0 Å². The first-order valence-corrected chi connectivity index (χ1v) is 7.36. The normalized spacial score (nSPS) is 20.6. The van der Waals surface area contributed by atoms with E-state index in [0.29, 0.717) is 6.10 Å². The van der Waals surface area contributed by atoms with Crippen molar-refractivity contribution in [3.63, 3.8) is 0 Å². The first kappa shape index (κ1) is 13.2. The van der Waals surface area contributed by atoms with Gasteiger partial charge in [0.15, 0.2) is 0 Å². The SMILES string of the molecule is COC1CCCN(c2cc(Cl)ccc2CBr)C1. The number of hydrogen-bond acceptors (Lipinski definition) is 2. The van der Waals surface area contributed by atoms with Crippen molar-refractivity contribution in [3.05, 3.63) is 28.8 Å². The van der Waals surface area contributed by atoms with Crippen LogP contribution in [0, 0.1) is 0 Å². The van der Waals surface area contributed by atoms with E-state index in [0.717, 1.165) is 29.9 Å². The minimum atomic E-state index is 0.339. The Balaban J connectivity index is 2.22. The van der Waals surface area contributed by atoms with Gasteiger partial charge in [0, 0.05) is 36.2 Å². The van der Waals surface area contributed by atoms with E-state index < -0.39 is 0 Å². The molecule has 1 atom stereocenters. The smallest absolute Gasteiger partial charge is 0.0746 e. The summed E-state index contributed by atoms with van der Waals surface area (Å²) in [6, 6.07) is 6.08. The summed E-state index contributed by atoms with van der Waals surface area (Å²) in [5.74, 6) is 0. The average molecular weight is 319 g/mol. The van der Waals surface area contributed by atoms with Crippen molar-refractivity contribution in [3.8, 4) is 0 Å². The maximum atomic E-state index is 6.09. The van der Waals surface area contributed by atoms with Crippen LogP contribution in [-0.2, 0) is 10.1 Å². The minimum absolute atomic E-state index is 0.339. The van der Waals surface area contributed by atoms with Crippen LogP contribution in [0.2, 0.25) is 5.02 Å². The summed E-state index contributed by atoms with van der Waals surface area (Å²) < 4.78 is 5.46. The zero-order valence-electron chi connectivity index (χ0n) is 9.96. The monoisotopic (exact) mass is 317 g/mol. The molecule has 1 aromatic rings. The van der Waals surface area contributed by atoms with Crippen LogP contribution in [0.4, 0.5) is 5.69 Å². The number of halogens is 2. The molecule has 1 saturated heterocycles. The van der Waals surface area contributed by atoms with E-state index in [-0.39, 0.29) is 0 Å². The molecule has 94 valence electrons. The molecule has 1 heterocycles. The van der Waals surface area contributed by atoms with Gasteiger partial charge in [0.25, 0.3) is 0 Å². The number of rotatable bonds is 3. The lowest BCUT2D eigenvalue weighted by Crippen LogP contribution is -2.39. The Labute approximate surface area is 116 Å². The molecular formula is C13H17BrClNO. The number of alkyl halides is 1. The van der Waals surface area contributed by atoms with Gasteiger partial charge in [0.1, 0.15) is 0 Å². The van der Waals surface area contributed by atoms with Crippen LogP contribution < -0.4 is 4.90 Å². The van der Waals surface area contributed by atoms with Crippen molar-refractivity contribution < 1.29 is 4.74 Å². The standard InChI is InChI=1S/C13H17BrClNO/c1-17-12-3-2-6-16(9-12)13-7-11(15)5-4-10(13)8-14/h4-5,7,12H,2-3,6,8-9H2,1H3. The molecule has 0 bridgehead atoms. The first-order valence-electron chi connectivity index (χ1n) is 5.86. The summed E-state index contributed by atoms with van der Waals surface area (Å²) in [7, 11) is 1.79. The highest BCUT2D eigenvalue weighted by Crippen LogP contribution is 2.29. The van der Waals surface area contributed by atoms with Crippen molar-refractivity contribution in [2.45, 2.75) is 24.3 Å². The van der Waals surface area contributed by atoms with E-state index in [9.17, 15) is 0 Å². The molecule has 0 aliphatic carbocycles. The van der Waals surface area contributed by atoms with Gasteiger partial charge in [-0.1, -0.05) is 33.6 Å². The van der Waals surface area contributed by atoms with Crippen molar-refractivity contribution in [2.75, 3.05) is 25.1 Å². The molecule has 2 nitrogen and oxygen atoms in total. The molecule has 0 N–H and O–H groups in total. The van der Waals surface area contributed by atoms with E-state index in [1.807, 2.05) is 6.07 Å². The summed E-state index contributed by atoms with van der Waals surface area (Å²) in [5.41, 5.74) is 2.52. The van der Waals surface area contributed by atoms with Gasteiger partial charge in [-0.15, -0.1) is 0 Å². The van der Waals surface area contributed by atoms with Crippen LogP contribution in [0.25, 0.3) is 0 Å². The molecule has 17 heavy (non-hydrogen) atoms. The van der Waals surface area contributed by atoms with Crippen molar-refractivity contribution in [1.29, 1.82) is 0 Å². The molecule has 0 amide bonds. The van der Waals surface area contributed by atoms with E-state index >= 15 is 0 Å². The summed E-state index contributed by atoms with van der Waals surface area (Å²) >= 11 is 9.62. The molecule has 1 fully saturated rings. The summed E-state index contributed by atoms with van der Waals surface area (Å²) in [6.07, 6.45) is 2.66. The highest BCUT2D eigenvalue weighted by molar-refractivity contribution is 9.08. The van der Waals surface area contributed by atoms with Gasteiger partial charge < -0.3 is 9.64 Å². The minimum Gasteiger partial charge on any atom is -0.380 e. The number of piperidine rings is 1. The predicted octanol–water partition coefficient (Wildman–Crippen LogP) is 3.85. The topological polar surface area (TPSA) is 12.5 Å². The lowest BCUT2D eigenvalue weighted by atomic mass is 10.1. The van der Waals surface area contributed by atoms with Crippen LogP contribution >= 0.6 is 27.5 Å². The van der Waals surface area contributed by atoms with E-state index in [4.69, 9.17) is 16.3 Å². The Morgan fingerprint density at radius 3 is 3.06 bits per heavy atom. The third-order valence-corrected chi connectivity index (χ3v) is 4.08. The molecule has 2 rings (SSSR count). The molecule has 0 aromatic heterocycles. The van der Waals surface area contributed by atoms with Gasteiger partial charge >= 0.3 is 0 Å². The molecule has 1 aliphatic rings. The molecule has 0 radical (unpaired) electrons. The Bertz CT molecular complexity index is 386. The van der Waals surface area contributed by atoms with E-state index in [1.165, 1.54) is 17.7 Å². The zero-order valence-corrected chi connectivity index (χ0v) is 12.3. The predicted molar refractivity (Wildman–Crippen MR) is 76.3 cm³/mol. The fourth-order valence-corrected chi connectivity index (χ4v) is 2.93. The summed E-state index contributed by atoms with van der Waals surface area (Å²) in [6.45, 7) is 2.04. The number of benzene rings is 1. The summed E-state index contributed by atoms with van der Waals surface area (Å²) in [4.78, 5) is 2.38. The maximum Gasteiger partial charge on any atom is 0.0746 e. The van der Waals surface area contributed by atoms with Crippen molar-refractivity contribution in [2.24, 2.45) is 0 Å². The number of ether oxygens (including phenoxy) is 1. The fourth-order valence-electron chi connectivity index (χ4n) is 2.29. The fraction of sp³-hybridized carbons (Fsp3) is 0.538. The molecule has 1 aliphatic heterocycles. The third-order valence-electron chi connectivity index (χ3n) is 3.24. The lowest BCUT2D eigenvalue weighted by Gasteiger charge is -2.34. The van der Waals surface area contributed by atoms with Gasteiger partial charge in [0.05, 0.1) is 6.10 Å². The van der Waals surface area contributed by atoms with Crippen LogP contribution in [0.1, 0.15) is 18.4 Å². The van der Waals surface area contributed by atoms with Crippen LogP contribution in [-0.4, -0.2) is 26.3 Å². The van der Waals surface area contributed by atoms with Gasteiger partial charge in [-0.05, 0) is 30.5 Å². The van der Waals surface area contributed by atoms with Gasteiger partial charge in [-0.2, -0.15) is 0 Å². The number of nitrogens with zero attached hydrogens (tertiary/aromatic N) is 1. The highest BCUT2D eigenvalue weighted by Gasteiger charge is 2.21.